The van der Waals surface area contributed by atoms with Crippen LogP contribution in [0.5, 0.6) is 0 Å². The van der Waals surface area contributed by atoms with Crippen LogP contribution in [0, 0.1) is 0 Å². The van der Waals surface area contributed by atoms with Crippen LogP contribution in [0.2, 0.25) is 0 Å². The lowest BCUT2D eigenvalue weighted by Gasteiger charge is -2.18. The van der Waals surface area contributed by atoms with Gasteiger partial charge in [-0.3, -0.25) is 14.4 Å². The number of carbonyl (C=O) groups excluding carboxylic acids is 3. The molecule has 1 unspecified atom stereocenters. The Morgan fingerprint density at radius 1 is 0.396 bits per heavy atom. The molecule has 1 atom stereocenters. The lowest BCUT2D eigenvalue weighted by atomic mass is 10.1. The molecule has 0 aliphatic rings. The highest BCUT2D eigenvalue weighted by atomic mass is 16.6. The van der Waals surface area contributed by atoms with Crippen LogP contribution in [0.1, 0.15) is 220 Å². The average Bonchev–Trinajstić information content (AvgIpc) is 3.08. The number of rotatable bonds is 37. The van der Waals surface area contributed by atoms with Crippen LogP contribution in [0.3, 0.4) is 0 Å². The SMILES string of the molecule is CCC/C=C\CCCCCCCC(=O)OCC(COC(=O)CCCCCCCCCCCC)OC(=O)CCCCCCCCCCCC. The highest BCUT2D eigenvalue weighted by Crippen LogP contribution is 2.14. The molecule has 0 saturated heterocycles. The maximum absolute atomic E-state index is 12.6. The number of ether oxygens (including phenoxy) is 3. The van der Waals surface area contributed by atoms with Crippen molar-refractivity contribution in [3.8, 4) is 0 Å². The minimum Gasteiger partial charge on any atom is -0.462 e. The first-order valence-electron chi connectivity index (χ1n) is 20.7. The Kier molecular flexibility index (Phi) is 36.5. The molecule has 0 rings (SSSR count). The second-order valence-electron chi connectivity index (χ2n) is 13.9. The van der Waals surface area contributed by atoms with Crippen molar-refractivity contribution in [3.05, 3.63) is 12.2 Å². The van der Waals surface area contributed by atoms with Gasteiger partial charge in [0.05, 0.1) is 0 Å². The van der Waals surface area contributed by atoms with Crippen LogP contribution in [0.4, 0.5) is 0 Å². The summed E-state index contributed by atoms with van der Waals surface area (Å²) in [5.74, 6) is -0.881. The summed E-state index contributed by atoms with van der Waals surface area (Å²) in [5.41, 5.74) is 0. The second-order valence-corrected chi connectivity index (χ2v) is 13.9. The summed E-state index contributed by atoms with van der Waals surface area (Å²) in [6, 6.07) is 0. The topological polar surface area (TPSA) is 78.9 Å². The van der Waals surface area contributed by atoms with E-state index in [9.17, 15) is 14.4 Å². The van der Waals surface area contributed by atoms with Crippen molar-refractivity contribution < 1.29 is 28.6 Å². The summed E-state index contributed by atoms with van der Waals surface area (Å²) in [6.07, 6.45) is 37.6. The highest BCUT2D eigenvalue weighted by molar-refractivity contribution is 5.71. The molecule has 282 valence electrons. The van der Waals surface area contributed by atoms with Crippen LogP contribution in [-0.4, -0.2) is 37.2 Å². The first kappa shape index (κ1) is 46.1. The number of carbonyl (C=O) groups is 3. The molecular formula is C42H78O6. The normalized spacial score (nSPS) is 12.0. The predicted octanol–water partition coefficient (Wildman–Crippen LogP) is 12.7. The quantitative estimate of drug-likeness (QED) is 0.0282. The fourth-order valence-corrected chi connectivity index (χ4v) is 5.85. The largest absolute Gasteiger partial charge is 0.462 e. The fraction of sp³-hybridized carbons (Fsp3) is 0.881. The van der Waals surface area contributed by atoms with E-state index in [1.807, 2.05) is 0 Å². The summed E-state index contributed by atoms with van der Waals surface area (Å²) in [4.78, 5) is 37.4. The molecule has 0 fully saturated rings. The van der Waals surface area contributed by atoms with Crippen LogP contribution in [0.25, 0.3) is 0 Å². The van der Waals surface area contributed by atoms with Gasteiger partial charge in [0.2, 0.25) is 0 Å². The fourth-order valence-electron chi connectivity index (χ4n) is 5.85. The van der Waals surface area contributed by atoms with E-state index in [4.69, 9.17) is 14.2 Å². The van der Waals surface area contributed by atoms with E-state index in [1.165, 1.54) is 109 Å². The molecule has 0 aromatic carbocycles. The summed E-state index contributed by atoms with van der Waals surface area (Å²) >= 11 is 0. The Labute approximate surface area is 297 Å². The minimum absolute atomic E-state index is 0.0691. The molecule has 48 heavy (non-hydrogen) atoms. The van der Waals surface area contributed by atoms with E-state index in [2.05, 4.69) is 32.9 Å². The van der Waals surface area contributed by atoms with E-state index in [-0.39, 0.29) is 31.1 Å². The van der Waals surface area contributed by atoms with Crippen LogP contribution < -0.4 is 0 Å². The number of hydrogen-bond acceptors (Lipinski definition) is 6. The first-order chi connectivity index (χ1) is 23.5. The molecule has 0 heterocycles. The van der Waals surface area contributed by atoms with E-state index >= 15 is 0 Å². The molecule has 0 aromatic heterocycles. The van der Waals surface area contributed by atoms with Gasteiger partial charge >= 0.3 is 17.9 Å². The molecule has 0 saturated carbocycles. The minimum atomic E-state index is -0.762. The third-order valence-electron chi connectivity index (χ3n) is 9.00. The summed E-state index contributed by atoms with van der Waals surface area (Å²) in [6.45, 7) is 6.53. The second kappa shape index (κ2) is 38.0. The van der Waals surface area contributed by atoms with Gasteiger partial charge in [-0.05, 0) is 38.5 Å². The van der Waals surface area contributed by atoms with Crippen molar-refractivity contribution in [2.24, 2.45) is 0 Å². The number of allylic oxidation sites excluding steroid dienone is 2. The van der Waals surface area contributed by atoms with E-state index < -0.39 is 6.10 Å². The Morgan fingerprint density at radius 2 is 0.729 bits per heavy atom. The van der Waals surface area contributed by atoms with Crippen LogP contribution in [-0.2, 0) is 28.6 Å². The van der Waals surface area contributed by atoms with Gasteiger partial charge in [-0.25, -0.2) is 0 Å². The Balaban J connectivity index is 4.36. The molecule has 6 nitrogen and oxygen atoms in total. The van der Waals surface area contributed by atoms with Gasteiger partial charge in [-0.2, -0.15) is 0 Å². The van der Waals surface area contributed by atoms with Crippen LogP contribution in [0.15, 0.2) is 12.2 Å². The van der Waals surface area contributed by atoms with E-state index in [0.717, 1.165) is 70.6 Å². The molecule has 0 bridgehead atoms. The smallest absolute Gasteiger partial charge is 0.306 e. The first-order valence-corrected chi connectivity index (χ1v) is 20.7. The van der Waals surface area contributed by atoms with E-state index in [1.54, 1.807) is 0 Å². The molecule has 0 N–H and O–H groups in total. The van der Waals surface area contributed by atoms with Crippen molar-refractivity contribution in [2.75, 3.05) is 13.2 Å². The molecule has 0 spiro atoms. The molecule has 6 heteroatoms. The predicted molar refractivity (Wildman–Crippen MR) is 201 cm³/mol. The van der Waals surface area contributed by atoms with Crippen molar-refractivity contribution >= 4 is 17.9 Å². The molecule has 0 aliphatic heterocycles. The Bertz CT molecular complexity index is 748. The zero-order valence-electron chi connectivity index (χ0n) is 32.0. The van der Waals surface area contributed by atoms with Gasteiger partial charge in [0.1, 0.15) is 13.2 Å². The summed E-state index contributed by atoms with van der Waals surface area (Å²) in [7, 11) is 0. The van der Waals surface area contributed by atoms with Gasteiger partial charge in [0.25, 0.3) is 0 Å². The molecule has 0 amide bonds. The van der Waals surface area contributed by atoms with Crippen molar-refractivity contribution in [1.82, 2.24) is 0 Å². The van der Waals surface area contributed by atoms with Gasteiger partial charge in [-0.15, -0.1) is 0 Å². The zero-order valence-corrected chi connectivity index (χ0v) is 32.0. The van der Waals surface area contributed by atoms with Gasteiger partial charge < -0.3 is 14.2 Å². The number of hydrogen-bond donors (Lipinski definition) is 0. The molecular weight excluding hydrogens is 600 g/mol. The maximum atomic E-state index is 12.6. The number of unbranched alkanes of at least 4 members (excludes halogenated alkanes) is 24. The van der Waals surface area contributed by atoms with Crippen molar-refractivity contribution in [2.45, 2.75) is 226 Å². The van der Waals surface area contributed by atoms with E-state index in [0.29, 0.717) is 19.3 Å². The molecule has 0 radical (unpaired) electrons. The van der Waals surface area contributed by atoms with Crippen molar-refractivity contribution in [1.29, 1.82) is 0 Å². The lowest BCUT2D eigenvalue weighted by molar-refractivity contribution is -0.167. The average molecular weight is 679 g/mol. The Morgan fingerprint density at radius 3 is 1.12 bits per heavy atom. The summed E-state index contributed by atoms with van der Waals surface area (Å²) in [5, 5.41) is 0. The standard InChI is InChI=1S/C42H78O6/c1-4-7-10-13-16-19-22-25-28-31-34-40(43)46-37-39(48-42(45)36-33-30-27-24-21-18-15-12-9-6-3)38-47-41(44)35-32-29-26-23-20-17-14-11-8-5-2/h10,13,39H,4-9,11-12,14-38H2,1-3H3/b13-10-. The highest BCUT2D eigenvalue weighted by Gasteiger charge is 2.19. The third kappa shape index (κ3) is 35.5. The Hall–Kier alpha value is -1.85. The monoisotopic (exact) mass is 679 g/mol. The van der Waals surface area contributed by atoms with Gasteiger partial charge in [0.15, 0.2) is 6.10 Å². The van der Waals surface area contributed by atoms with Crippen molar-refractivity contribution in [3.63, 3.8) is 0 Å². The summed E-state index contributed by atoms with van der Waals surface area (Å²) < 4.78 is 16.6. The van der Waals surface area contributed by atoms with Gasteiger partial charge in [0, 0.05) is 19.3 Å². The maximum Gasteiger partial charge on any atom is 0.306 e. The number of esters is 3. The molecule has 0 aliphatic carbocycles. The third-order valence-corrected chi connectivity index (χ3v) is 9.00. The molecule has 0 aromatic rings. The lowest BCUT2D eigenvalue weighted by Crippen LogP contribution is -2.30. The van der Waals surface area contributed by atoms with Crippen LogP contribution >= 0.6 is 0 Å². The zero-order chi connectivity index (χ0) is 35.2. The van der Waals surface area contributed by atoms with Gasteiger partial charge in [-0.1, -0.05) is 174 Å².